The summed E-state index contributed by atoms with van der Waals surface area (Å²) in [5.74, 6) is 0.159. The molecule has 0 saturated heterocycles. The van der Waals surface area contributed by atoms with E-state index in [0.29, 0.717) is 16.3 Å². The number of anilines is 2. The molecule has 0 aliphatic rings. The topological polar surface area (TPSA) is 72.2 Å². The Bertz CT molecular complexity index is 1250. The summed E-state index contributed by atoms with van der Waals surface area (Å²) in [6.07, 6.45) is 0. The van der Waals surface area contributed by atoms with Gasteiger partial charge in [-0.1, -0.05) is 59.6 Å². The second-order valence-electron chi connectivity index (χ2n) is 6.44. The molecule has 1 aromatic heterocycles. The van der Waals surface area contributed by atoms with Crippen molar-refractivity contribution in [2.24, 2.45) is 0 Å². The van der Waals surface area contributed by atoms with Crippen molar-refractivity contribution in [3.63, 3.8) is 0 Å². The third kappa shape index (κ3) is 3.90. The van der Waals surface area contributed by atoms with Crippen molar-refractivity contribution in [3.8, 4) is 11.5 Å². The number of nitrogens with zero attached hydrogens (tertiary/aromatic N) is 1. The average Bonchev–Trinajstić information content (AvgIpc) is 3.14. The molecule has 0 aliphatic carbocycles. The largest absolute Gasteiger partial charge is 0.419 e. The summed E-state index contributed by atoms with van der Waals surface area (Å²) in [5.41, 5.74) is 2.15. The van der Waals surface area contributed by atoms with Gasteiger partial charge in [0, 0.05) is 5.69 Å². The summed E-state index contributed by atoms with van der Waals surface area (Å²) in [5, 5.41) is 3.24. The SMILES string of the molecule is Cc1ccc(S(=O)(=O)c2nc(-c3ccccc3Cl)oc2Nc2ccccc2)cc1. The molecule has 0 aliphatic heterocycles. The molecule has 0 atom stereocenters. The van der Waals surface area contributed by atoms with E-state index in [9.17, 15) is 8.42 Å². The lowest BCUT2D eigenvalue weighted by atomic mass is 10.2. The molecule has 1 N–H and O–H groups in total. The van der Waals surface area contributed by atoms with E-state index in [0.717, 1.165) is 5.56 Å². The van der Waals surface area contributed by atoms with Gasteiger partial charge in [0.05, 0.1) is 15.5 Å². The molecule has 5 nitrogen and oxygen atoms in total. The Morgan fingerprint density at radius 2 is 1.55 bits per heavy atom. The van der Waals surface area contributed by atoms with Gasteiger partial charge >= 0.3 is 0 Å². The van der Waals surface area contributed by atoms with Crippen LogP contribution in [0.3, 0.4) is 0 Å². The normalized spacial score (nSPS) is 11.4. The van der Waals surface area contributed by atoms with Crippen molar-refractivity contribution in [3.05, 3.63) is 89.4 Å². The molecule has 4 rings (SSSR count). The van der Waals surface area contributed by atoms with Gasteiger partial charge in [-0.15, -0.1) is 0 Å². The first-order valence-electron chi connectivity index (χ1n) is 8.85. The predicted octanol–water partition coefficient (Wildman–Crippen LogP) is 5.88. The van der Waals surface area contributed by atoms with Crippen LogP contribution >= 0.6 is 11.6 Å². The van der Waals surface area contributed by atoms with Gasteiger partial charge in [-0.3, -0.25) is 0 Å². The van der Waals surface area contributed by atoms with Crippen LogP contribution in [0.1, 0.15) is 5.56 Å². The van der Waals surface area contributed by atoms with Crippen LogP contribution in [0.4, 0.5) is 11.6 Å². The maximum Gasteiger partial charge on any atom is 0.238 e. The van der Waals surface area contributed by atoms with E-state index in [1.807, 2.05) is 25.1 Å². The number of hydrogen-bond acceptors (Lipinski definition) is 5. The molecular formula is C22H17ClN2O3S. The van der Waals surface area contributed by atoms with Gasteiger partial charge in [0.25, 0.3) is 0 Å². The number of halogens is 1. The highest BCUT2D eigenvalue weighted by Gasteiger charge is 2.29. The van der Waals surface area contributed by atoms with Crippen LogP contribution in [0.25, 0.3) is 11.5 Å². The molecule has 29 heavy (non-hydrogen) atoms. The van der Waals surface area contributed by atoms with Crippen molar-refractivity contribution in [1.82, 2.24) is 4.98 Å². The predicted molar refractivity (Wildman–Crippen MR) is 113 cm³/mol. The van der Waals surface area contributed by atoms with E-state index in [1.165, 1.54) is 0 Å². The zero-order valence-corrected chi connectivity index (χ0v) is 17.0. The molecule has 0 unspecified atom stereocenters. The first-order chi connectivity index (χ1) is 13.9. The summed E-state index contributed by atoms with van der Waals surface area (Å²) < 4.78 is 32.4. The number of hydrogen-bond donors (Lipinski definition) is 1. The van der Waals surface area contributed by atoms with E-state index in [1.54, 1.807) is 60.7 Å². The molecule has 0 spiro atoms. The third-order valence-electron chi connectivity index (χ3n) is 4.32. The highest BCUT2D eigenvalue weighted by Crippen LogP contribution is 2.36. The zero-order valence-electron chi connectivity index (χ0n) is 15.5. The maximum atomic E-state index is 13.3. The van der Waals surface area contributed by atoms with Crippen LogP contribution in [0, 0.1) is 6.92 Å². The van der Waals surface area contributed by atoms with Crippen LogP contribution in [-0.4, -0.2) is 13.4 Å². The van der Waals surface area contributed by atoms with Gasteiger partial charge in [-0.05, 0) is 43.3 Å². The first-order valence-corrected chi connectivity index (χ1v) is 10.7. The van der Waals surface area contributed by atoms with Crippen LogP contribution in [0.5, 0.6) is 0 Å². The summed E-state index contributed by atoms with van der Waals surface area (Å²) in [7, 11) is -3.92. The highest BCUT2D eigenvalue weighted by atomic mass is 35.5. The molecule has 7 heteroatoms. The van der Waals surface area contributed by atoms with E-state index in [2.05, 4.69) is 10.3 Å². The monoisotopic (exact) mass is 424 g/mol. The van der Waals surface area contributed by atoms with E-state index < -0.39 is 9.84 Å². The average molecular weight is 425 g/mol. The quantitative estimate of drug-likeness (QED) is 0.433. The molecule has 1 heterocycles. The van der Waals surface area contributed by atoms with Crippen LogP contribution < -0.4 is 5.32 Å². The van der Waals surface area contributed by atoms with Crippen LogP contribution in [0.15, 0.2) is 93.2 Å². The second kappa shape index (κ2) is 7.73. The van der Waals surface area contributed by atoms with Crippen molar-refractivity contribution < 1.29 is 12.8 Å². The fourth-order valence-corrected chi connectivity index (χ4v) is 4.27. The number of oxazole rings is 1. The van der Waals surface area contributed by atoms with Crippen LogP contribution in [0.2, 0.25) is 5.02 Å². The summed E-state index contributed by atoms with van der Waals surface area (Å²) in [6.45, 7) is 1.89. The van der Waals surface area contributed by atoms with Gasteiger partial charge in [0.2, 0.25) is 26.6 Å². The second-order valence-corrected chi connectivity index (χ2v) is 8.71. The molecule has 0 radical (unpaired) electrons. The van der Waals surface area contributed by atoms with Crippen molar-refractivity contribution >= 4 is 33.0 Å². The minimum Gasteiger partial charge on any atom is -0.419 e. The third-order valence-corrected chi connectivity index (χ3v) is 6.33. The fraction of sp³-hybridized carbons (Fsp3) is 0.0455. The number of sulfone groups is 1. The number of nitrogens with one attached hydrogen (secondary N) is 1. The fourth-order valence-electron chi connectivity index (χ4n) is 2.80. The van der Waals surface area contributed by atoms with Crippen LogP contribution in [-0.2, 0) is 9.84 Å². The summed E-state index contributed by atoms with van der Waals surface area (Å²) in [6, 6.07) is 22.7. The van der Waals surface area contributed by atoms with E-state index in [4.69, 9.17) is 16.0 Å². The Morgan fingerprint density at radius 1 is 0.897 bits per heavy atom. The van der Waals surface area contributed by atoms with Crippen molar-refractivity contribution in [2.45, 2.75) is 16.8 Å². The standard InChI is InChI=1S/C22H17ClN2O3S/c1-15-11-13-17(14-12-15)29(26,27)22-21(24-16-7-3-2-4-8-16)28-20(25-22)18-9-5-6-10-19(18)23/h2-14,24H,1H3. The Hall–Kier alpha value is -3.09. The lowest BCUT2D eigenvalue weighted by Crippen LogP contribution is -2.05. The Morgan fingerprint density at radius 3 is 2.24 bits per heavy atom. The number of benzene rings is 3. The number of rotatable bonds is 5. The van der Waals surface area contributed by atoms with Gasteiger partial charge in [0.15, 0.2) is 0 Å². The smallest absolute Gasteiger partial charge is 0.238 e. The molecule has 4 aromatic rings. The molecule has 0 bridgehead atoms. The molecule has 3 aromatic carbocycles. The van der Waals surface area contributed by atoms with E-state index >= 15 is 0 Å². The lowest BCUT2D eigenvalue weighted by molar-refractivity contribution is 0.582. The van der Waals surface area contributed by atoms with Crippen molar-refractivity contribution in [1.29, 1.82) is 0 Å². The van der Waals surface area contributed by atoms with Gasteiger partial charge in [0.1, 0.15) is 0 Å². The Labute approximate surface area is 173 Å². The minimum atomic E-state index is -3.92. The van der Waals surface area contributed by atoms with Gasteiger partial charge < -0.3 is 9.73 Å². The number of aromatic nitrogens is 1. The van der Waals surface area contributed by atoms with E-state index in [-0.39, 0.29) is 21.7 Å². The molecule has 0 amide bonds. The Kier molecular flexibility index (Phi) is 5.13. The zero-order chi connectivity index (χ0) is 20.4. The van der Waals surface area contributed by atoms with Gasteiger partial charge in [-0.2, -0.15) is 4.98 Å². The first kappa shape index (κ1) is 19.2. The maximum absolute atomic E-state index is 13.3. The Balaban J connectivity index is 1.87. The molecule has 0 saturated carbocycles. The molecular weight excluding hydrogens is 408 g/mol. The molecule has 146 valence electrons. The van der Waals surface area contributed by atoms with Gasteiger partial charge in [-0.25, -0.2) is 8.42 Å². The lowest BCUT2D eigenvalue weighted by Gasteiger charge is -2.06. The highest BCUT2D eigenvalue weighted by molar-refractivity contribution is 7.91. The number of aryl methyl sites for hydroxylation is 1. The number of para-hydroxylation sites is 1. The minimum absolute atomic E-state index is 0.0340. The molecule has 0 fully saturated rings. The van der Waals surface area contributed by atoms with Crippen molar-refractivity contribution in [2.75, 3.05) is 5.32 Å². The summed E-state index contributed by atoms with van der Waals surface area (Å²) >= 11 is 6.26. The summed E-state index contributed by atoms with van der Waals surface area (Å²) in [4.78, 5) is 4.44.